The summed E-state index contributed by atoms with van der Waals surface area (Å²) in [4.78, 5) is 0. The molecule has 0 fully saturated rings. The van der Waals surface area contributed by atoms with Crippen LogP contribution in [-0.2, 0) is 6.42 Å². The largest absolute Gasteiger partial charge is 0.495 e. The first-order valence-electron chi connectivity index (χ1n) is 6.56. The second-order valence-electron chi connectivity index (χ2n) is 4.93. The number of methoxy groups -OCH3 is 1. The molecule has 1 aliphatic heterocycles. The van der Waals surface area contributed by atoms with Gasteiger partial charge in [0.25, 0.3) is 0 Å². The number of halogens is 2. The van der Waals surface area contributed by atoms with E-state index >= 15 is 0 Å². The average molecular weight is 353 g/mol. The van der Waals surface area contributed by atoms with Crippen LogP contribution in [0.25, 0.3) is 0 Å². The lowest BCUT2D eigenvalue weighted by Crippen LogP contribution is -2.18. The van der Waals surface area contributed by atoms with E-state index in [0.717, 1.165) is 33.8 Å². The highest BCUT2D eigenvalue weighted by Gasteiger charge is 2.22. The van der Waals surface area contributed by atoms with E-state index in [0.29, 0.717) is 6.04 Å². The van der Waals surface area contributed by atoms with E-state index in [1.165, 1.54) is 11.1 Å². The van der Waals surface area contributed by atoms with Crippen molar-refractivity contribution >= 4 is 33.2 Å². The standard InChI is InChI=1S/C16H15BrClNO/c1-20-15-9-12(17)8-11-4-7-14(19-16(11)15)10-2-5-13(18)6-3-10/h2-3,5-6,8-9,14,19H,4,7H2,1H3. The second-order valence-corrected chi connectivity index (χ2v) is 6.28. The van der Waals surface area contributed by atoms with Crippen molar-refractivity contribution in [2.45, 2.75) is 18.9 Å². The van der Waals surface area contributed by atoms with Crippen molar-refractivity contribution in [3.8, 4) is 5.75 Å². The minimum atomic E-state index is 0.301. The summed E-state index contributed by atoms with van der Waals surface area (Å²) in [6.07, 6.45) is 2.10. The fourth-order valence-electron chi connectivity index (χ4n) is 2.65. The number of aryl methyl sites for hydroxylation is 1. The Kier molecular flexibility index (Phi) is 3.90. The van der Waals surface area contributed by atoms with Gasteiger partial charge in [0.1, 0.15) is 5.75 Å². The maximum absolute atomic E-state index is 5.95. The highest BCUT2D eigenvalue weighted by molar-refractivity contribution is 9.10. The van der Waals surface area contributed by atoms with Gasteiger partial charge in [-0.05, 0) is 48.2 Å². The van der Waals surface area contributed by atoms with Crippen LogP contribution >= 0.6 is 27.5 Å². The van der Waals surface area contributed by atoms with Crippen LogP contribution in [0.4, 0.5) is 5.69 Å². The molecule has 0 bridgehead atoms. The molecule has 0 aromatic heterocycles. The summed E-state index contributed by atoms with van der Waals surface area (Å²) >= 11 is 9.48. The van der Waals surface area contributed by atoms with Gasteiger partial charge >= 0.3 is 0 Å². The van der Waals surface area contributed by atoms with Crippen LogP contribution in [0.5, 0.6) is 5.75 Å². The van der Waals surface area contributed by atoms with E-state index < -0.39 is 0 Å². The van der Waals surface area contributed by atoms with Crippen LogP contribution in [-0.4, -0.2) is 7.11 Å². The third-order valence-electron chi connectivity index (χ3n) is 3.66. The van der Waals surface area contributed by atoms with Crippen LogP contribution in [0.2, 0.25) is 5.02 Å². The molecule has 2 aromatic carbocycles. The summed E-state index contributed by atoms with van der Waals surface area (Å²) in [6.45, 7) is 0. The minimum absolute atomic E-state index is 0.301. The molecule has 0 aliphatic carbocycles. The van der Waals surface area contributed by atoms with Gasteiger partial charge in [-0.3, -0.25) is 0 Å². The van der Waals surface area contributed by atoms with E-state index in [9.17, 15) is 0 Å². The SMILES string of the molecule is COc1cc(Br)cc2c1NC(c1ccc(Cl)cc1)CC2. The lowest BCUT2D eigenvalue weighted by molar-refractivity contribution is 0.414. The maximum Gasteiger partial charge on any atom is 0.143 e. The summed E-state index contributed by atoms with van der Waals surface area (Å²) in [5.74, 6) is 0.882. The van der Waals surface area contributed by atoms with Crippen molar-refractivity contribution in [3.63, 3.8) is 0 Å². The average Bonchev–Trinajstić information content (AvgIpc) is 2.46. The Labute approximate surface area is 132 Å². The number of nitrogens with one attached hydrogen (secondary N) is 1. The summed E-state index contributed by atoms with van der Waals surface area (Å²) < 4.78 is 6.54. The van der Waals surface area contributed by atoms with Crippen LogP contribution in [0.15, 0.2) is 40.9 Å². The molecule has 0 radical (unpaired) electrons. The minimum Gasteiger partial charge on any atom is -0.495 e. The third-order valence-corrected chi connectivity index (χ3v) is 4.37. The van der Waals surface area contributed by atoms with E-state index in [4.69, 9.17) is 16.3 Å². The fourth-order valence-corrected chi connectivity index (χ4v) is 3.26. The molecule has 0 saturated carbocycles. The Bertz CT molecular complexity index is 610. The molecule has 4 heteroatoms. The monoisotopic (exact) mass is 351 g/mol. The van der Waals surface area contributed by atoms with Gasteiger partial charge in [0.15, 0.2) is 0 Å². The van der Waals surface area contributed by atoms with Gasteiger partial charge in [0.05, 0.1) is 18.8 Å². The maximum atomic E-state index is 5.95. The normalized spacial score (nSPS) is 17.2. The molecule has 1 atom stereocenters. The zero-order chi connectivity index (χ0) is 14.1. The van der Waals surface area contributed by atoms with Crippen molar-refractivity contribution in [1.29, 1.82) is 0 Å². The zero-order valence-electron chi connectivity index (χ0n) is 11.1. The molecule has 1 N–H and O–H groups in total. The Morgan fingerprint density at radius 3 is 2.70 bits per heavy atom. The van der Waals surface area contributed by atoms with Crippen LogP contribution in [0, 0.1) is 0 Å². The Morgan fingerprint density at radius 1 is 1.25 bits per heavy atom. The zero-order valence-corrected chi connectivity index (χ0v) is 13.5. The molecule has 0 spiro atoms. The van der Waals surface area contributed by atoms with Crippen LogP contribution in [0.3, 0.4) is 0 Å². The molecule has 2 nitrogen and oxygen atoms in total. The molecule has 3 rings (SSSR count). The van der Waals surface area contributed by atoms with Gasteiger partial charge in [0.2, 0.25) is 0 Å². The van der Waals surface area contributed by atoms with Crippen LogP contribution in [0.1, 0.15) is 23.6 Å². The predicted octanol–water partition coefficient (Wildman–Crippen LogP) is 5.21. The van der Waals surface area contributed by atoms with Crippen molar-refractivity contribution in [1.82, 2.24) is 0 Å². The summed E-state index contributed by atoms with van der Waals surface area (Å²) in [5, 5.41) is 4.36. The third kappa shape index (κ3) is 2.65. The topological polar surface area (TPSA) is 21.3 Å². The molecule has 1 aliphatic rings. The number of hydrogen-bond acceptors (Lipinski definition) is 2. The van der Waals surface area contributed by atoms with Crippen molar-refractivity contribution in [3.05, 3.63) is 57.0 Å². The molecule has 0 saturated heterocycles. The molecule has 1 unspecified atom stereocenters. The molecule has 104 valence electrons. The number of benzene rings is 2. The van der Waals surface area contributed by atoms with E-state index in [1.807, 2.05) is 18.2 Å². The van der Waals surface area contributed by atoms with E-state index in [2.05, 4.69) is 39.4 Å². The van der Waals surface area contributed by atoms with Crippen molar-refractivity contribution in [2.24, 2.45) is 0 Å². The number of hydrogen-bond donors (Lipinski definition) is 1. The molecule has 20 heavy (non-hydrogen) atoms. The number of rotatable bonds is 2. The first-order valence-corrected chi connectivity index (χ1v) is 7.73. The van der Waals surface area contributed by atoms with E-state index in [-0.39, 0.29) is 0 Å². The molecular formula is C16H15BrClNO. The summed E-state index contributed by atoms with van der Waals surface area (Å²) in [6, 6.07) is 12.5. The Balaban J connectivity index is 1.93. The molecule has 1 heterocycles. The highest BCUT2D eigenvalue weighted by Crippen LogP contribution is 2.40. The first-order chi connectivity index (χ1) is 9.67. The lowest BCUT2D eigenvalue weighted by Gasteiger charge is -2.29. The summed E-state index contributed by atoms with van der Waals surface area (Å²) in [7, 11) is 1.70. The van der Waals surface area contributed by atoms with Crippen molar-refractivity contribution in [2.75, 3.05) is 12.4 Å². The quantitative estimate of drug-likeness (QED) is 0.801. The highest BCUT2D eigenvalue weighted by atomic mass is 79.9. The second kappa shape index (κ2) is 5.66. The summed E-state index contributed by atoms with van der Waals surface area (Å²) in [5.41, 5.74) is 3.65. The van der Waals surface area contributed by atoms with Gasteiger partial charge in [-0.1, -0.05) is 39.7 Å². The molecular weight excluding hydrogens is 338 g/mol. The van der Waals surface area contributed by atoms with Gasteiger partial charge in [-0.25, -0.2) is 0 Å². The van der Waals surface area contributed by atoms with Gasteiger partial charge in [0, 0.05) is 9.50 Å². The first kappa shape index (κ1) is 13.8. The number of anilines is 1. The number of ether oxygens (including phenoxy) is 1. The van der Waals surface area contributed by atoms with Gasteiger partial charge in [-0.2, -0.15) is 0 Å². The fraction of sp³-hybridized carbons (Fsp3) is 0.250. The number of fused-ring (bicyclic) bond motifs is 1. The molecule has 2 aromatic rings. The predicted molar refractivity (Wildman–Crippen MR) is 86.8 cm³/mol. The van der Waals surface area contributed by atoms with E-state index in [1.54, 1.807) is 7.11 Å². The van der Waals surface area contributed by atoms with Gasteiger partial charge in [-0.15, -0.1) is 0 Å². The lowest BCUT2D eigenvalue weighted by atomic mass is 9.93. The molecule has 0 amide bonds. The Morgan fingerprint density at radius 2 is 2.00 bits per heavy atom. The Hall–Kier alpha value is -1.19. The van der Waals surface area contributed by atoms with Crippen LogP contribution < -0.4 is 10.1 Å². The smallest absolute Gasteiger partial charge is 0.143 e. The van der Waals surface area contributed by atoms with Gasteiger partial charge < -0.3 is 10.1 Å². The van der Waals surface area contributed by atoms with Crippen molar-refractivity contribution < 1.29 is 4.74 Å².